The fourth-order valence-corrected chi connectivity index (χ4v) is 2.06. The summed E-state index contributed by atoms with van der Waals surface area (Å²) >= 11 is 0. The molecule has 0 N–H and O–H groups in total. The highest BCUT2D eigenvalue weighted by Crippen LogP contribution is 2.37. The number of benzene rings is 1. The van der Waals surface area contributed by atoms with Gasteiger partial charge < -0.3 is 0 Å². The monoisotopic (exact) mass is 212 g/mol. The SMILES string of the molecule is CCc1ccc(-c2ccnn2C2CC2)cc1. The van der Waals surface area contributed by atoms with Crippen LogP contribution in [0, 0.1) is 0 Å². The van der Waals surface area contributed by atoms with Crippen molar-refractivity contribution in [3.05, 3.63) is 42.1 Å². The molecular formula is C14H16N2. The van der Waals surface area contributed by atoms with Crippen LogP contribution in [0.25, 0.3) is 11.3 Å². The van der Waals surface area contributed by atoms with Crippen molar-refractivity contribution in [1.82, 2.24) is 9.78 Å². The molecule has 0 unspecified atom stereocenters. The quantitative estimate of drug-likeness (QED) is 0.762. The van der Waals surface area contributed by atoms with Crippen LogP contribution in [0.15, 0.2) is 36.5 Å². The predicted octanol–water partition coefficient (Wildman–Crippen LogP) is 3.45. The Hall–Kier alpha value is -1.57. The van der Waals surface area contributed by atoms with Crippen molar-refractivity contribution in [2.45, 2.75) is 32.2 Å². The van der Waals surface area contributed by atoms with Crippen LogP contribution in [0.2, 0.25) is 0 Å². The van der Waals surface area contributed by atoms with E-state index in [0.717, 1.165) is 6.42 Å². The zero-order valence-corrected chi connectivity index (χ0v) is 9.56. The number of aromatic nitrogens is 2. The average Bonchev–Trinajstić information content (AvgIpc) is 3.07. The summed E-state index contributed by atoms with van der Waals surface area (Å²) in [7, 11) is 0. The van der Waals surface area contributed by atoms with Gasteiger partial charge >= 0.3 is 0 Å². The first kappa shape index (κ1) is 9.64. The maximum absolute atomic E-state index is 4.41. The molecule has 2 aromatic rings. The van der Waals surface area contributed by atoms with E-state index in [2.05, 4.69) is 47.0 Å². The third kappa shape index (κ3) is 1.64. The molecule has 2 nitrogen and oxygen atoms in total. The molecule has 1 aliphatic carbocycles. The summed E-state index contributed by atoms with van der Waals surface area (Å²) in [5.41, 5.74) is 3.92. The molecule has 1 aliphatic rings. The van der Waals surface area contributed by atoms with E-state index >= 15 is 0 Å². The van der Waals surface area contributed by atoms with Crippen molar-refractivity contribution in [2.75, 3.05) is 0 Å². The van der Waals surface area contributed by atoms with Crippen LogP contribution in [0.4, 0.5) is 0 Å². The number of aryl methyl sites for hydroxylation is 1. The van der Waals surface area contributed by atoms with Crippen molar-refractivity contribution in [3.8, 4) is 11.3 Å². The van der Waals surface area contributed by atoms with Gasteiger partial charge in [0, 0.05) is 6.20 Å². The van der Waals surface area contributed by atoms with Crippen molar-refractivity contribution >= 4 is 0 Å². The van der Waals surface area contributed by atoms with E-state index in [-0.39, 0.29) is 0 Å². The Kier molecular flexibility index (Phi) is 2.28. The van der Waals surface area contributed by atoms with Gasteiger partial charge in [0.1, 0.15) is 0 Å². The van der Waals surface area contributed by atoms with E-state index in [0.29, 0.717) is 6.04 Å². The molecular weight excluding hydrogens is 196 g/mol. The minimum Gasteiger partial charge on any atom is -0.262 e. The van der Waals surface area contributed by atoms with Crippen LogP contribution in [0.1, 0.15) is 31.4 Å². The lowest BCUT2D eigenvalue weighted by molar-refractivity contribution is 0.649. The molecule has 3 rings (SSSR count). The second kappa shape index (κ2) is 3.78. The number of nitrogens with zero attached hydrogens (tertiary/aromatic N) is 2. The third-order valence-corrected chi connectivity index (χ3v) is 3.22. The molecule has 0 amide bonds. The molecule has 16 heavy (non-hydrogen) atoms. The summed E-state index contributed by atoms with van der Waals surface area (Å²) in [6, 6.07) is 11.6. The van der Waals surface area contributed by atoms with E-state index in [9.17, 15) is 0 Å². The Morgan fingerprint density at radius 1 is 1.19 bits per heavy atom. The van der Waals surface area contributed by atoms with Gasteiger partial charge in [-0.05, 0) is 36.5 Å². The lowest BCUT2D eigenvalue weighted by atomic mass is 10.1. The number of hydrogen-bond acceptors (Lipinski definition) is 1. The fourth-order valence-electron chi connectivity index (χ4n) is 2.06. The number of rotatable bonds is 3. The second-order valence-electron chi connectivity index (χ2n) is 4.44. The summed E-state index contributed by atoms with van der Waals surface area (Å²) in [5.74, 6) is 0. The molecule has 0 bridgehead atoms. The van der Waals surface area contributed by atoms with E-state index < -0.39 is 0 Å². The Labute approximate surface area is 95.9 Å². The zero-order chi connectivity index (χ0) is 11.0. The summed E-state index contributed by atoms with van der Waals surface area (Å²) in [5, 5.41) is 4.41. The molecule has 1 fully saturated rings. The zero-order valence-electron chi connectivity index (χ0n) is 9.56. The van der Waals surface area contributed by atoms with Gasteiger partial charge in [0.05, 0.1) is 11.7 Å². The lowest BCUT2D eigenvalue weighted by Gasteiger charge is -2.06. The van der Waals surface area contributed by atoms with Crippen molar-refractivity contribution in [2.24, 2.45) is 0 Å². The van der Waals surface area contributed by atoms with Gasteiger partial charge in [0.25, 0.3) is 0 Å². The molecule has 1 saturated carbocycles. The van der Waals surface area contributed by atoms with Gasteiger partial charge in [-0.25, -0.2) is 0 Å². The highest BCUT2D eigenvalue weighted by molar-refractivity contribution is 5.59. The van der Waals surface area contributed by atoms with Gasteiger partial charge in [0.2, 0.25) is 0 Å². The van der Waals surface area contributed by atoms with Crippen LogP contribution in [0.5, 0.6) is 0 Å². The predicted molar refractivity (Wildman–Crippen MR) is 65.3 cm³/mol. The molecule has 0 aliphatic heterocycles. The summed E-state index contributed by atoms with van der Waals surface area (Å²) in [6.45, 7) is 2.18. The van der Waals surface area contributed by atoms with E-state index in [1.54, 1.807) is 0 Å². The number of hydrogen-bond donors (Lipinski definition) is 0. The van der Waals surface area contributed by atoms with Gasteiger partial charge in [-0.2, -0.15) is 5.10 Å². The van der Waals surface area contributed by atoms with E-state index in [1.807, 2.05) is 6.20 Å². The van der Waals surface area contributed by atoms with E-state index in [4.69, 9.17) is 0 Å². The highest BCUT2D eigenvalue weighted by atomic mass is 15.3. The maximum atomic E-state index is 4.41. The van der Waals surface area contributed by atoms with Gasteiger partial charge in [-0.3, -0.25) is 4.68 Å². The maximum Gasteiger partial charge on any atom is 0.0685 e. The lowest BCUT2D eigenvalue weighted by Crippen LogP contribution is -1.98. The average molecular weight is 212 g/mol. The smallest absolute Gasteiger partial charge is 0.0685 e. The Morgan fingerprint density at radius 2 is 1.94 bits per heavy atom. The molecule has 2 heteroatoms. The highest BCUT2D eigenvalue weighted by Gasteiger charge is 2.26. The molecule has 0 atom stereocenters. The van der Waals surface area contributed by atoms with Crippen LogP contribution in [-0.2, 0) is 6.42 Å². The summed E-state index contributed by atoms with van der Waals surface area (Å²) in [4.78, 5) is 0. The first-order valence-corrected chi connectivity index (χ1v) is 6.01. The minimum absolute atomic E-state index is 0.649. The van der Waals surface area contributed by atoms with Crippen LogP contribution < -0.4 is 0 Å². The van der Waals surface area contributed by atoms with Gasteiger partial charge in [-0.1, -0.05) is 31.2 Å². The standard InChI is InChI=1S/C14H16N2/c1-2-11-3-5-12(6-4-11)14-9-10-15-16(14)13-7-8-13/h3-6,9-10,13H,2,7-8H2,1H3. The normalized spacial score (nSPS) is 15.3. The molecule has 1 aromatic carbocycles. The van der Waals surface area contributed by atoms with Crippen LogP contribution >= 0.6 is 0 Å². The van der Waals surface area contributed by atoms with Gasteiger partial charge in [-0.15, -0.1) is 0 Å². The van der Waals surface area contributed by atoms with E-state index in [1.165, 1.54) is 29.7 Å². The Morgan fingerprint density at radius 3 is 2.56 bits per heavy atom. The molecule has 0 radical (unpaired) electrons. The first-order valence-electron chi connectivity index (χ1n) is 6.01. The Bertz CT molecular complexity index is 478. The van der Waals surface area contributed by atoms with Crippen molar-refractivity contribution in [3.63, 3.8) is 0 Å². The topological polar surface area (TPSA) is 17.8 Å². The van der Waals surface area contributed by atoms with Gasteiger partial charge in [0.15, 0.2) is 0 Å². The van der Waals surface area contributed by atoms with Crippen molar-refractivity contribution < 1.29 is 0 Å². The third-order valence-electron chi connectivity index (χ3n) is 3.22. The van der Waals surface area contributed by atoms with Crippen LogP contribution in [-0.4, -0.2) is 9.78 Å². The first-order chi connectivity index (χ1) is 7.88. The largest absolute Gasteiger partial charge is 0.262 e. The second-order valence-corrected chi connectivity index (χ2v) is 4.44. The fraction of sp³-hybridized carbons (Fsp3) is 0.357. The van der Waals surface area contributed by atoms with Crippen LogP contribution in [0.3, 0.4) is 0 Å². The molecule has 0 spiro atoms. The molecule has 1 aromatic heterocycles. The van der Waals surface area contributed by atoms with Crippen molar-refractivity contribution in [1.29, 1.82) is 0 Å². The Balaban J connectivity index is 1.97. The minimum atomic E-state index is 0.649. The molecule has 0 saturated heterocycles. The summed E-state index contributed by atoms with van der Waals surface area (Å²) in [6.07, 6.45) is 5.56. The molecule has 82 valence electrons. The summed E-state index contributed by atoms with van der Waals surface area (Å²) < 4.78 is 2.17. The molecule has 1 heterocycles.